The lowest BCUT2D eigenvalue weighted by Crippen LogP contribution is -2.46. The maximum Gasteiger partial charge on any atom is 0.410 e. The van der Waals surface area contributed by atoms with Gasteiger partial charge in [0, 0.05) is 18.7 Å². The van der Waals surface area contributed by atoms with Crippen LogP contribution in [0.15, 0.2) is 18.2 Å². The SMILES string of the molecule is CC(C)(C)OC(=O)N1CCC[C@@H](Oc2nc3cc([N+](=O)[O-])ccc3s2)C1. The number of aromatic nitrogens is 1. The second-order valence-corrected chi connectivity index (χ2v) is 8.19. The zero-order valence-corrected chi connectivity index (χ0v) is 15.7. The number of nitro benzene ring substituents is 1. The van der Waals surface area contributed by atoms with Gasteiger partial charge in [-0.1, -0.05) is 11.3 Å². The second kappa shape index (κ2) is 7.06. The van der Waals surface area contributed by atoms with Crippen LogP contribution in [0.4, 0.5) is 10.5 Å². The molecule has 0 spiro atoms. The number of fused-ring (bicyclic) bond motifs is 1. The molecule has 0 saturated carbocycles. The van der Waals surface area contributed by atoms with Gasteiger partial charge >= 0.3 is 6.09 Å². The molecule has 140 valence electrons. The van der Waals surface area contributed by atoms with Crippen LogP contribution in [0.1, 0.15) is 33.6 Å². The van der Waals surface area contributed by atoms with Crippen LogP contribution in [0, 0.1) is 10.1 Å². The number of carbonyl (C=O) groups excluding carboxylic acids is 1. The van der Waals surface area contributed by atoms with Gasteiger partial charge < -0.3 is 14.4 Å². The van der Waals surface area contributed by atoms with E-state index in [4.69, 9.17) is 9.47 Å². The molecule has 0 unspecified atom stereocenters. The molecule has 1 atom stereocenters. The fraction of sp³-hybridized carbons (Fsp3) is 0.529. The molecule has 9 heteroatoms. The Hall–Kier alpha value is -2.42. The highest BCUT2D eigenvalue weighted by molar-refractivity contribution is 7.20. The largest absolute Gasteiger partial charge is 0.465 e. The Kier molecular flexibility index (Phi) is 4.99. The van der Waals surface area contributed by atoms with Gasteiger partial charge in [-0.3, -0.25) is 10.1 Å². The van der Waals surface area contributed by atoms with Crippen LogP contribution < -0.4 is 4.74 Å². The number of piperidine rings is 1. The van der Waals surface area contributed by atoms with Gasteiger partial charge in [-0.05, 0) is 39.7 Å². The first-order chi connectivity index (χ1) is 12.2. The lowest BCUT2D eigenvalue weighted by Gasteiger charge is -2.33. The summed E-state index contributed by atoms with van der Waals surface area (Å²) in [5.74, 6) is 0. The molecule has 2 heterocycles. The third-order valence-electron chi connectivity index (χ3n) is 3.86. The molecule has 1 aromatic heterocycles. The molecule has 1 saturated heterocycles. The Morgan fingerprint density at radius 3 is 2.88 bits per heavy atom. The summed E-state index contributed by atoms with van der Waals surface area (Å²) in [6, 6.07) is 4.56. The Labute approximate surface area is 154 Å². The summed E-state index contributed by atoms with van der Waals surface area (Å²) in [7, 11) is 0. The topological polar surface area (TPSA) is 94.8 Å². The number of likely N-dealkylation sites (tertiary alicyclic amines) is 1. The molecule has 1 aromatic carbocycles. The minimum Gasteiger partial charge on any atom is -0.465 e. The summed E-state index contributed by atoms with van der Waals surface area (Å²) in [4.78, 5) is 28.6. The highest BCUT2D eigenvalue weighted by atomic mass is 32.1. The van der Waals surface area contributed by atoms with Gasteiger partial charge in [0.1, 0.15) is 11.7 Å². The smallest absolute Gasteiger partial charge is 0.410 e. The van der Waals surface area contributed by atoms with Gasteiger partial charge in [0.25, 0.3) is 10.9 Å². The average molecular weight is 379 g/mol. The lowest BCUT2D eigenvalue weighted by atomic mass is 10.1. The Bertz CT molecular complexity index is 829. The monoisotopic (exact) mass is 379 g/mol. The van der Waals surface area contributed by atoms with Crippen molar-refractivity contribution in [3.05, 3.63) is 28.3 Å². The molecule has 3 rings (SSSR count). The van der Waals surface area contributed by atoms with Crippen LogP contribution in [0.3, 0.4) is 0 Å². The number of nitro groups is 1. The van der Waals surface area contributed by atoms with Gasteiger partial charge in [0.15, 0.2) is 0 Å². The second-order valence-electron chi connectivity index (χ2n) is 7.20. The van der Waals surface area contributed by atoms with Crippen molar-refractivity contribution in [1.82, 2.24) is 9.88 Å². The van der Waals surface area contributed by atoms with E-state index in [0.29, 0.717) is 23.8 Å². The molecule has 1 aliphatic heterocycles. The number of thiazole rings is 1. The van der Waals surface area contributed by atoms with Crippen molar-refractivity contribution in [1.29, 1.82) is 0 Å². The summed E-state index contributed by atoms with van der Waals surface area (Å²) in [6.45, 7) is 6.58. The van der Waals surface area contributed by atoms with E-state index in [9.17, 15) is 14.9 Å². The molecule has 0 bridgehead atoms. The molecule has 1 aliphatic rings. The quantitative estimate of drug-likeness (QED) is 0.591. The van der Waals surface area contributed by atoms with Crippen LogP contribution >= 0.6 is 11.3 Å². The van der Waals surface area contributed by atoms with Gasteiger partial charge in [-0.25, -0.2) is 9.78 Å². The van der Waals surface area contributed by atoms with Crippen molar-refractivity contribution >= 4 is 33.3 Å². The van der Waals surface area contributed by atoms with E-state index in [1.807, 2.05) is 20.8 Å². The van der Waals surface area contributed by atoms with Crippen molar-refractivity contribution in [2.45, 2.75) is 45.3 Å². The Morgan fingerprint density at radius 1 is 1.42 bits per heavy atom. The fourth-order valence-electron chi connectivity index (χ4n) is 2.73. The van der Waals surface area contributed by atoms with E-state index >= 15 is 0 Å². The summed E-state index contributed by atoms with van der Waals surface area (Å²) in [5.41, 5.74) is 0.00855. The maximum atomic E-state index is 12.2. The van der Waals surface area contributed by atoms with E-state index < -0.39 is 10.5 Å². The first-order valence-electron chi connectivity index (χ1n) is 8.41. The Balaban J connectivity index is 1.67. The van der Waals surface area contributed by atoms with E-state index in [0.717, 1.165) is 17.5 Å². The van der Waals surface area contributed by atoms with Crippen LogP contribution in [-0.4, -0.2) is 45.7 Å². The third kappa shape index (κ3) is 4.40. The maximum absolute atomic E-state index is 12.2. The zero-order valence-electron chi connectivity index (χ0n) is 14.9. The van der Waals surface area contributed by atoms with Crippen LogP contribution in [0.2, 0.25) is 0 Å². The number of amides is 1. The van der Waals surface area contributed by atoms with Crippen LogP contribution in [0.5, 0.6) is 5.19 Å². The number of ether oxygens (including phenoxy) is 2. The molecule has 0 radical (unpaired) electrons. The fourth-order valence-corrected chi connectivity index (χ4v) is 3.59. The molecular formula is C17H21N3O5S. The number of non-ortho nitro benzene ring substituents is 1. The van der Waals surface area contributed by atoms with Crippen molar-refractivity contribution in [3.8, 4) is 5.19 Å². The minimum atomic E-state index is -0.535. The molecule has 0 N–H and O–H groups in total. The number of rotatable bonds is 3. The summed E-state index contributed by atoms with van der Waals surface area (Å²) in [6.07, 6.45) is 1.12. The average Bonchev–Trinajstić information content (AvgIpc) is 2.94. The first-order valence-corrected chi connectivity index (χ1v) is 9.22. The van der Waals surface area contributed by atoms with Crippen LogP contribution in [-0.2, 0) is 4.74 Å². The predicted octanol–water partition coefficient (Wildman–Crippen LogP) is 3.98. The summed E-state index contributed by atoms with van der Waals surface area (Å²) < 4.78 is 12.2. The van der Waals surface area contributed by atoms with E-state index in [2.05, 4.69) is 4.98 Å². The molecular weight excluding hydrogens is 358 g/mol. The van der Waals surface area contributed by atoms with E-state index in [-0.39, 0.29) is 17.9 Å². The number of carbonyl (C=O) groups is 1. The molecule has 26 heavy (non-hydrogen) atoms. The Morgan fingerprint density at radius 2 is 2.19 bits per heavy atom. The molecule has 1 fully saturated rings. The highest BCUT2D eigenvalue weighted by Gasteiger charge is 2.29. The molecule has 8 nitrogen and oxygen atoms in total. The molecule has 0 aliphatic carbocycles. The standard InChI is InChI=1S/C17H21N3O5S/c1-17(2,3)25-16(21)19-8-4-5-12(10-19)24-15-18-13-9-11(20(22)23)6-7-14(13)26-15/h6-7,9,12H,4-5,8,10H2,1-3H3/t12-/m1/s1. The number of hydrogen-bond acceptors (Lipinski definition) is 7. The van der Waals surface area contributed by atoms with Gasteiger partial charge in [0.05, 0.1) is 21.7 Å². The van der Waals surface area contributed by atoms with E-state index in [1.165, 1.54) is 23.5 Å². The third-order valence-corrected chi connectivity index (χ3v) is 4.79. The van der Waals surface area contributed by atoms with Gasteiger partial charge in [0.2, 0.25) is 0 Å². The van der Waals surface area contributed by atoms with E-state index in [1.54, 1.807) is 11.0 Å². The molecule has 1 amide bonds. The number of nitrogens with zero attached hydrogens (tertiary/aromatic N) is 3. The van der Waals surface area contributed by atoms with Crippen molar-refractivity contribution in [2.75, 3.05) is 13.1 Å². The summed E-state index contributed by atoms with van der Waals surface area (Å²) in [5, 5.41) is 11.3. The van der Waals surface area contributed by atoms with Crippen molar-refractivity contribution in [3.63, 3.8) is 0 Å². The first kappa shape index (κ1) is 18.4. The van der Waals surface area contributed by atoms with Crippen molar-refractivity contribution in [2.24, 2.45) is 0 Å². The minimum absolute atomic E-state index is 0.00289. The zero-order chi connectivity index (χ0) is 18.9. The number of benzene rings is 1. The van der Waals surface area contributed by atoms with Gasteiger partial charge in [-0.2, -0.15) is 0 Å². The lowest BCUT2D eigenvalue weighted by molar-refractivity contribution is -0.384. The number of hydrogen-bond donors (Lipinski definition) is 0. The summed E-state index contributed by atoms with van der Waals surface area (Å²) >= 11 is 1.34. The normalized spacial score (nSPS) is 18.0. The van der Waals surface area contributed by atoms with Crippen molar-refractivity contribution < 1.29 is 19.2 Å². The predicted molar refractivity (Wildman–Crippen MR) is 97.7 cm³/mol. The molecule has 2 aromatic rings. The van der Waals surface area contributed by atoms with Gasteiger partial charge in [-0.15, -0.1) is 0 Å². The van der Waals surface area contributed by atoms with Crippen LogP contribution in [0.25, 0.3) is 10.2 Å². The highest BCUT2D eigenvalue weighted by Crippen LogP contribution is 2.31.